The van der Waals surface area contributed by atoms with E-state index in [-0.39, 0.29) is 22.4 Å². The number of anilines is 1. The Bertz CT molecular complexity index is 811. The summed E-state index contributed by atoms with van der Waals surface area (Å²) in [5, 5.41) is 12.1. The highest BCUT2D eigenvalue weighted by molar-refractivity contribution is 8.00. The maximum atomic E-state index is 14.2. The van der Waals surface area contributed by atoms with E-state index in [4.69, 9.17) is 5.26 Å². The van der Waals surface area contributed by atoms with E-state index < -0.39 is 17.7 Å². The molecule has 1 saturated heterocycles. The lowest BCUT2D eigenvalue weighted by Gasteiger charge is -2.33. The first kappa shape index (κ1) is 17.9. The topological polar surface area (TPSA) is 43.5 Å². The van der Waals surface area contributed by atoms with Crippen LogP contribution in [0.15, 0.2) is 29.4 Å². The molecule has 2 atom stereocenters. The summed E-state index contributed by atoms with van der Waals surface area (Å²) < 4.78 is 53.9. The lowest BCUT2D eigenvalue weighted by atomic mass is 10.0. The Morgan fingerprint density at radius 2 is 2.16 bits per heavy atom. The van der Waals surface area contributed by atoms with E-state index in [1.165, 1.54) is 16.7 Å². The van der Waals surface area contributed by atoms with Crippen molar-refractivity contribution in [1.29, 1.82) is 5.26 Å². The van der Waals surface area contributed by atoms with Gasteiger partial charge in [0.15, 0.2) is 0 Å². The summed E-state index contributed by atoms with van der Waals surface area (Å²) in [6.45, 7) is 1.04. The summed E-state index contributed by atoms with van der Waals surface area (Å²) in [5.41, 5.74) is -3.61. The van der Waals surface area contributed by atoms with Crippen LogP contribution in [0.5, 0.6) is 0 Å². The number of hydrogen-bond donors (Lipinski definition) is 1. The maximum absolute atomic E-state index is 14.2. The largest absolute Gasteiger partial charge is 0.447 e. The molecular weight excluding hydrogens is 356 g/mol. The smallest absolute Gasteiger partial charge is 0.378 e. The molecule has 0 radical (unpaired) electrons. The third-order valence-corrected chi connectivity index (χ3v) is 5.02. The summed E-state index contributed by atoms with van der Waals surface area (Å²) in [6.07, 6.45) is 0.986. The quantitative estimate of drug-likeness (QED) is 0.656. The van der Waals surface area contributed by atoms with Crippen LogP contribution in [0.2, 0.25) is 0 Å². The average Bonchev–Trinajstić information content (AvgIpc) is 2.87. The Hall–Kier alpha value is -1.92. The molecule has 4 nitrogen and oxygen atoms in total. The number of alkyl halides is 4. The minimum atomic E-state index is -4.50. The van der Waals surface area contributed by atoms with Gasteiger partial charge >= 0.3 is 5.51 Å². The average molecular weight is 372 g/mol. The summed E-state index contributed by atoms with van der Waals surface area (Å²) >= 11 is -0.324. The van der Waals surface area contributed by atoms with Crippen LogP contribution in [-0.2, 0) is 0 Å². The molecule has 0 amide bonds. The molecule has 0 aliphatic carbocycles. The number of aromatic nitrogens is 1. The zero-order valence-corrected chi connectivity index (χ0v) is 14.2. The standard InChI is InChI=1S/C16H16F4N4S/c1-23-6-4-12(11(17)9-23)22-13-3-2-5-24-14(13)7-10(8-21)15(24)25-16(18,19)20/h2-3,5,7,11-12,22H,4,6,9H2,1H3/t11-,12+/m0/s1. The number of likely N-dealkylation sites (tertiary alicyclic amines) is 1. The number of piperidine rings is 1. The number of pyridine rings is 1. The van der Waals surface area contributed by atoms with Gasteiger partial charge in [-0.25, -0.2) is 4.39 Å². The predicted octanol–water partition coefficient (Wildman–Crippen LogP) is 3.88. The van der Waals surface area contributed by atoms with Gasteiger partial charge in [0.05, 0.1) is 22.8 Å². The Labute approximate surface area is 146 Å². The summed E-state index contributed by atoms with van der Waals surface area (Å²) in [6, 6.07) is 6.06. The van der Waals surface area contributed by atoms with Crippen molar-refractivity contribution in [2.75, 3.05) is 25.5 Å². The minimum absolute atomic E-state index is 0.0586. The number of fused-ring (bicyclic) bond motifs is 1. The molecule has 3 heterocycles. The number of nitrogens with zero attached hydrogens (tertiary/aromatic N) is 3. The molecule has 134 valence electrons. The third kappa shape index (κ3) is 3.85. The van der Waals surface area contributed by atoms with E-state index in [1.54, 1.807) is 18.2 Å². The van der Waals surface area contributed by atoms with Crippen molar-refractivity contribution in [3.63, 3.8) is 0 Å². The number of nitrogens with one attached hydrogen (secondary N) is 1. The minimum Gasteiger partial charge on any atom is -0.378 e. The van der Waals surface area contributed by atoms with Gasteiger partial charge in [-0.1, -0.05) is 0 Å². The number of rotatable bonds is 3. The van der Waals surface area contributed by atoms with Crippen LogP contribution >= 0.6 is 11.8 Å². The van der Waals surface area contributed by atoms with Crippen molar-refractivity contribution in [2.45, 2.75) is 29.2 Å². The molecule has 25 heavy (non-hydrogen) atoms. The van der Waals surface area contributed by atoms with E-state index in [0.717, 1.165) is 6.54 Å². The molecule has 1 aliphatic heterocycles. The molecule has 0 unspecified atom stereocenters. The molecular formula is C16H16F4N4S. The Kier molecular flexibility index (Phi) is 4.84. The Morgan fingerprint density at radius 3 is 2.80 bits per heavy atom. The Morgan fingerprint density at radius 1 is 1.40 bits per heavy atom. The third-order valence-electron chi connectivity index (χ3n) is 4.18. The molecule has 0 aromatic carbocycles. The van der Waals surface area contributed by atoms with Crippen LogP contribution < -0.4 is 5.32 Å². The van der Waals surface area contributed by atoms with Crippen LogP contribution in [0.3, 0.4) is 0 Å². The van der Waals surface area contributed by atoms with E-state index >= 15 is 0 Å². The molecule has 3 rings (SSSR count). The normalized spacial score (nSPS) is 22.1. The first-order chi connectivity index (χ1) is 11.8. The van der Waals surface area contributed by atoms with Crippen molar-refractivity contribution in [1.82, 2.24) is 9.30 Å². The van der Waals surface area contributed by atoms with Gasteiger partial charge in [-0.15, -0.1) is 0 Å². The second-order valence-electron chi connectivity index (χ2n) is 6.02. The van der Waals surface area contributed by atoms with Gasteiger partial charge in [-0.05, 0) is 31.7 Å². The van der Waals surface area contributed by atoms with Crippen LogP contribution in [0.25, 0.3) is 5.52 Å². The first-order valence-electron chi connectivity index (χ1n) is 7.67. The van der Waals surface area contributed by atoms with Crippen molar-refractivity contribution in [2.24, 2.45) is 0 Å². The first-order valence-corrected chi connectivity index (χ1v) is 8.49. The van der Waals surface area contributed by atoms with Gasteiger partial charge in [0.1, 0.15) is 17.3 Å². The van der Waals surface area contributed by atoms with Crippen molar-refractivity contribution < 1.29 is 17.6 Å². The van der Waals surface area contributed by atoms with Crippen molar-refractivity contribution >= 4 is 23.0 Å². The zero-order chi connectivity index (χ0) is 18.2. The number of nitriles is 1. The van der Waals surface area contributed by atoms with Crippen molar-refractivity contribution in [3.05, 3.63) is 30.0 Å². The van der Waals surface area contributed by atoms with Gasteiger partial charge in [-0.3, -0.25) is 0 Å². The summed E-state index contributed by atoms with van der Waals surface area (Å²) in [7, 11) is 1.84. The van der Waals surface area contributed by atoms with Gasteiger partial charge in [-0.2, -0.15) is 18.4 Å². The van der Waals surface area contributed by atoms with Crippen molar-refractivity contribution in [3.8, 4) is 6.07 Å². The van der Waals surface area contributed by atoms with E-state index in [0.29, 0.717) is 24.2 Å². The highest BCUT2D eigenvalue weighted by atomic mass is 32.2. The van der Waals surface area contributed by atoms with Gasteiger partial charge in [0.25, 0.3) is 0 Å². The van der Waals surface area contributed by atoms with Crippen LogP contribution in [-0.4, -0.2) is 47.2 Å². The predicted molar refractivity (Wildman–Crippen MR) is 88.4 cm³/mol. The molecule has 9 heteroatoms. The van der Waals surface area contributed by atoms with Gasteiger partial charge < -0.3 is 14.6 Å². The summed E-state index contributed by atoms with van der Waals surface area (Å²) in [4.78, 5) is 1.90. The Balaban J connectivity index is 1.96. The molecule has 0 bridgehead atoms. The van der Waals surface area contributed by atoms with E-state index in [9.17, 15) is 17.6 Å². The van der Waals surface area contributed by atoms with Gasteiger partial charge in [0, 0.05) is 31.0 Å². The van der Waals surface area contributed by atoms with E-state index in [2.05, 4.69) is 5.32 Å². The molecule has 1 aliphatic rings. The molecule has 1 fully saturated rings. The highest BCUT2D eigenvalue weighted by Crippen LogP contribution is 2.40. The number of halogens is 4. The van der Waals surface area contributed by atoms with Gasteiger partial charge in [0.2, 0.25) is 0 Å². The SMILES string of the molecule is CN1CC[C@@H](Nc2cccn3c(SC(F)(F)F)c(C#N)cc23)[C@@H](F)C1. The van der Waals surface area contributed by atoms with E-state index in [1.807, 2.05) is 11.9 Å². The zero-order valence-electron chi connectivity index (χ0n) is 13.3. The van der Waals surface area contributed by atoms with Crippen LogP contribution in [0.4, 0.5) is 23.2 Å². The number of hydrogen-bond acceptors (Lipinski definition) is 4. The molecule has 1 N–H and O–H groups in total. The summed E-state index contributed by atoms with van der Waals surface area (Å²) in [5.74, 6) is 0. The van der Waals surface area contributed by atoms with Crippen LogP contribution in [0, 0.1) is 11.3 Å². The fourth-order valence-corrected chi connectivity index (χ4v) is 3.70. The monoisotopic (exact) mass is 372 g/mol. The molecule has 0 spiro atoms. The highest BCUT2D eigenvalue weighted by Gasteiger charge is 2.33. The maximum Gasteiger partial charge on any atom is 0.447 e. The second-order valence-corrected chi connectivity index (χ2v) is 7.07. The lowest BCUT2D eigenvalue weighted by Crippen LogP contribution is -2.46. The second kappa shape index (κ2) is 6.77. The molecule has 2 aromatic rings. The fraction of sp³-hybridized carbons (Fsp3) is 0.438. The number of thioether (sulfide) groups is 1. The molecule has 2 aromatic heterocycles. The lowest BCUT2D eigenvalue weighted by molar-refractivity contribution is -0.0329. The fourth-order valence-electron chi connectivity index (χ4n) is 3.01. The molecule has 0 saturated carbocycles. The van der Waals surface area contributed by atoms with Crippen LogP contribution in [0.1, 0.15) is 12.0 Å².